The molecule has 0 saturated carbocycles. The summed E-state index contributed by atoms with van der Waals surface area (Å²) in [7, 11) is 0. The van der Waals surface area contributed by atoms with E-state index < -0.39 is 17.3 Å². The van der Waals surface area contributed by atoms with Gasteiger partial charge in [0.05, 0.1) is 37.1 Å². The van der Waals surface area contributed by atoms with E-state index in [1.165, 1.54) is 12.1 Å². The van der Waals surface area contributed by atoms with Gasteiger partial charge >= 0.3 is 12.3 Å². The lowest BCUT2D eigenvalue weighted by Gasteiger charge is -2.33. The third kappa shape index (κ3) is 6.40. The van der Waals surface area contributed by atoms with Gasteiger partial charge in [-0.05, 0) is 70.2 Å². The average molecular weight is 572 g/mol. The van der Waals surface area contributed by atoms with Gasteiger partial charge in [0.2, 0.25) is 5.82 Å². The molecule has 4 heterocycles. The number of likely N-dealkylation sites (tertiary alicyclic amines) is 1. The van der Waals surface area contributed by atoms with Crippen LogP contribution in [0.4, 0.5) is 18.0 Å². The van der Waals surface area contributed by atoms with Gasteiger partial charge in [-0.3, -0.25) is 0 Å². The van der Waals surface area contributed by atoms with Crippen LogP contribution in [0.5, 0.6) is 5.75 Å². The molecule has 9 nitrogen and oxygen atoms in total. The number of halogens is 3. The van der Waals surface area contributed by atoms with Gasteiger partial charge in [0.1, 0.15) is 23.1 Å². The van der Waals surface area contributed by atoms with Gasteiger partial charge in [-0.15, -0.1) is 0 Å². The van der Waals surface area contributed by atoms with Crippen LogP contribution >= 0.6 is 0 Å². The van der Waals surface area contributed by atoms with Gasteiger partial charge in [-0.2, -0.15) is 18.4 Å². The average Bonchev–Trinajstić information content (AvgIpc) is 3.29. The molecule has 0 unspecified atom stereocenters. The molecule has 2 saturated heterocycles. The summed E-state index contributed by atoms with van der Waals surface area (Å²) < 4.78 is 60.7. The molecule has 5 rings (SSSR count). The van der Waals surface area contributed by atoms with Gasteiger partial charge in [0, 0.05) is 30.2 Å². The van der Waals surface area contributed by atoms with Gasteiger partial charge in [-0.25, -0.2) is 14.8 Å². The van der Waals surface area contributed by atoms with Crippen LogP contribution in [-0.4, -0.2) is 64.0 Å². The largest absolute Gasteiger partial charge is 0.493 e. The zero-order chi connectivity index (χ0) is 29.4. The van der Waals surface area contributed by atoms with Crippen molar-refractivity contribution in [1.29, 1.82) is 5.26 Å². The summed E-state index contributed by atoms with van der Waals surface area (Å²) in [6.45, 7) is 7.63. The maximum absolute atomic E-state index is 14.2. The minimum atomic E-state index is -4.66. The number of piperidine rings is 1. The van der Waals surface area contributed by atoms with Crippen molar-refractivity contribution < 1.29 is 32.2 Å². The van der Waals surface area contributed by atoms with Crippen LogP contribution in [0.1, 0.15) is 57.5 Å². The second-order valence-electron chi connectivity index (χ2n) is 11.4. The molecule has 2 aromatic heterocycles. The van der Waals surface area contributed by atoms with E-state index in [0.29, 0.717) is 43.8 Å². The molecule has 41 heavy (non-hydrogen) atoms. The SMILES string of the molecule is CC(C)(C)OC(=O)N1CCC(CCOc2ccc(-c3nc(C#N)nc4c3ccn4C3COC3)cc2C(F)(F)F)CC1. The molecule has 12 heteroatoms. The van der Waals surface area contributed by atoms with Crippen LogP contribution in [0, 0.1) is 17.2 Å². The molecule has 0 atom stereocenters. The molecule has 2 fully saturated rings. The van der Waals surface area contributed by atoms with Crippen molar-refractivity contribution in [3.8, 4) is 23.1 Å². The second kappa shape index (κ2) is 11.2. The standard InChI is InChI=1S/C29H32F3N5O4/c1-28(2,3)41-27(38)36-10-6-18(7-11-36)9-13-40-23-5-4-19(14-22(23)29(30,31)32)25-21-8-12-37(20-16-39-17-20)26(21)35-24(15-33)34-25/h4-5,8,12,14,18,20H,6-7,9-11,13,16-17H2,1-3H3. The molecular formula is C29H32F3N5O4. The van der Waals surface area contributed by atoms with E-state index in [1.54, 1.807) is 17.2 Å². The van der Waals surface area contributed by atoms with Crippen LogP contribution < -0.4 is 4.74 Å². The summed E-state index contributed by atoms with van der Waals surface area (Å²) in [6, 6.07) is 7.55. The first-order valence-corrected chi connectivity index (χ1v) is 13.6. The van der Waals surface area contributed by atoms with Gasteiger partial charge in [0.25, 0.3) is 0 Å². The second-order valence-corrected chi connectivity index (χ2v) is 11.4. The van der Waals surface area contributed by atoms with Crippen molar-refractivity contribution >= 4 is 17.1 Å². The number of amides is 1. The predicted octanol–water partition coefficient (Wildman–Crippen LogP) is 5.98. The number of carbonyl (C=O) groups excluding carboxylic acids is 1. The lowest BCUT2D eigenvalue weighted by Crippen LogP contribution is -2.41. The molecule has 0 spiro atoms. The fourth-order valence-corrected chi connectivity index (χ4v) is 5.07. The van der Waals surface area contributed by atoms with Crippen molar-refractivity contribution in [2.24, 2.45) is 5.92 Å². The molecule has 0 bridgehead atoms. The zero-order valence-corrected chi connectivity index (χ0v) is 23.2. The number of aromatic nitrogens is 3. The molecular weight excluding hydrogens is 539 g/mol. The Labute approximate surface area is 235 Å². The lowest BCUT2D eigenvalue weighted by atomic mass is 9.94. The summed E-state index contributed by atoms with van der Waals surface area (Å²) in [6.07, 6.45) is -1.20. The Morgan fingerprint density at radius 1 is 1.15 bits per heavy atom. The van der Waals surface area contributed by atoms with E-state index >= 15 is 0 Å². The first-order valence-electron chi connectivity index (χ1n) is 13.6. The Morgan fingerprint density at radius 3 is 2.49 bits per heavy atom. The molecule has 0 radical (unpaired) electrons. The minimum Gasteiger partial charge on any atom is -0.493 e. The summed E-state index contributed by atoms with van der Waals surface area (Å²) in [5.74, 6) is -0.159. The number of benzene rings is 1. The maximum Gasteiger partial charge on any atom is 0.419 e. The highest BCUT2D eigenvalue weighted by Gasteiger charge is 2.35. The van der Waals surface area contributed by atoms with E-state index in [2.05, 4.69) is 9.97 Å². The minimum absolute atomic E-state index is 0.0489. The summed E-state index contributed by atoms with van der Waals surface area (Å²) in [4.78, 5) is 22.5. The molecule has 1 amide bonds. The Hall–Kier alpha value is -3.85. The Morgan fingerprint density at radius 2 is 1.88 bits per heavy atom. The van der Waals surface area contributed by atoms with Crippen LogP contribution in [-0.2, 0) is 15.7 Å². The number of nitrogens with zero attached hydrogens (tertiary/aromatic N) is 5. The Kier molecular flexibility index (Phi) is 7.83. The third-order valence-electron chi connectivity index (χ3n) is 7.29. The van der Waals surface area contributed by atoms with Crippen molar-refractivity contribution in [2.45, 2.75) is 57.9 Å². The van der Waals surface area contributed by atoms with Gasteiger partial charge in [0.15, 0.2) is 0 Å². The van der Waals surface area contributed by atoms with E-state index in [0.717, 1.165) is 18.9 Å². The number of rotatable bonds is 6. The van der Waals surface area contributed by atoms with Crippen LogP contribution in [0.25, 0.3) is 22.3 Å². The molecule has 0 aliphatic carbocycles. The smallest absolute Gasteiger partial charge is 0.419 e. The molecule has 0 N–H and O–H groups in total. The highest BCUT2D eigenvalue weighted by molar-refractivity contribution is 5.91. The quantitative estimate of drug-likeness (QED) is 0.359. The molecule has 218 valence electrons. The van der Waals surface area contributed by atoms with Crippen LogP contribution in [0.2, 0.25) is 0 Å². The lowest BCUT2D eigenvalue weighted by molar-refractivity contribution is -0.138. The molecule has 2 aliphatic rings. The third-order valence-corrected chi connectivity index (χ3v) is 7.29. The zero-order valence-electron chi connectivity index (χ0n) is 23.2. The van der Waals surface area contributed by atoms with Crippen molar-refractivity contribution in [3.05, 3.63) is 41.9 Å². The molecule has 2 aliphatic heterocycles. The summed E-state index contributed by atoms with van der Waals surface area (Å²) in [5, 5.41) is 10.0. The number of fused-ring (bicyclic) bond motifs is 1. The Bertz CT molecular complexity index is 1460. The van der Waals surface area contributed by atoms with E-state index in [4.69, 9.17) is 14.2 Å². The number of hydrogen-bond donors (Lipinski definition) is 0. The molecule has 1 aromatic carbocycles. The summed E-state index contributed by atoms with van der Waals surface area (Å²) in [5.41, 5.74) is -0.537. The predicted molar refractivity (Wildman–Crippen MR) is 143 cm³/mol. The number of alkyl halides is 3. The van der Waals surface area contributed by atoms with Gasteiger partial charge < -0.3 is 23.7 Å². The van der Waals surface area contributed by atoms with E-state index in [1.807, 2.05) is 31.4 Å². The van der Waals surface area contributed by atoms with Gasteiger partial charge in [-0.1, -0.05) is 0 Å². The topological polar surface area (TPSA) is 102 Å². The molecule has 3 aromatic rings. The van der Waals surface area contributed by atoms with Crippen LogP contribution in [0.15, 0.2) is 30.5 Å². The highest BCUT2D eigenvalue weighted by atomic mass is 19.4. The fourth-order valence-electron chi connectivity index (χ4n) is 5.07. The number of ether oxygens (including phenoxy) is 3. The Balaban J connectivity index is 1.30. The van der Waals surface area contributed by atoms with E-state index in [-0.39, 0.29) is 47.5 Å². The number of hydrogen-bond acceptors (Lipinski definition) is 7. The number of carbonyl (C=O) groups is 1. The first kappa shape index (κ1) is 28.7. The van der Waals surface area contributed by atoms with E-state index in [9.17, 15) is 23.2 Å². The fraction of sp³-hybridized carbons (Fsp3) is 0.517. The first-order chi connectivity index (χ1) is 19.4. The van der Waals surface area contributed by atoms with Crippen molar-refractivity contribution in [2.75, 3.05) is 32.9 Å². The maximum atomic E-state index is 14.2. The summed E-state index contributed by atoms with van der Waals surface area (Å²) >= 11 is 0. The van der Waals surface area contributed by atoms with Crippen LogP contribution in [0.3, 0.4) is 0 Å². The monoisotopic (exact) mass is 571 g/mol. The number of nitriles is 1. The highest BCUT2D eigenvalue weighted by Crippen LogP contribution is 2.40. The van der Waals surface area contributed by atoms with Crippen molar-refractivity contribution in [1.82, 2.24) is 19.4 Å². The normalized spacial score (nSPS) is 16.9. The van der Waals surface area contributed by atoms with Crippen molar-refractivity contribution in [3.63, 3.8) is 0 Å².